The number of hydrogen-bond donors (Lipinski definition) is 1. The van der Waals surface area contributed by atoms with Gasteiger partial charge < -0.3 is 4.74 Å². The van der Waals surface area contributed by atoms with Crippen LogP contribution in [0.1, 0.15) is 26.4 Å². The molecular formula is C20H20N2O2S. The van der Waals surface area contributed by atoms with Crippen LogP contribution in [0.5, 0.6) is 0 Å². The van der Waals surface area contributed by atoms with Gasteiger partial charge in [-0.3, -0.25) is 10.1 Å². The molecule has 3 aromatic rings. The molecule has 0 fully saturated rings. The van der Waals surface area contributed by atoms with E-state index < -0.39 is 0 Å². The Morgan fingerprint density at radius 2 is 1.76 bits per heavy atom. The largest absolute Gasteiger partial charge is 0.380 e. The number of nitrogens with one attached hydrogen (secondary N) is 1. The zero-order chi connectivity index (χ0) is 17.8. The zero-order valence-corrected chi connectivity index (χ0v) is 15.3. The number of carbonyl (C=O) groups excluding carboxylic acids is 1. The molecule has 1 heterocycles. The number of benzene rings is 2. The molecule has 128 valence electrons. The van der Waals surface area contributed by atoms with E-state index in [0.717, 1.165) is 21.7 Å². The summed E-state index contributed by atoms with van der Waals surface area (Å²) in [5.41, 5.74) is 4.82. The number of aromatic nitrogens is 1. The van der Waals surface area contributed by atoms with Crippen molar-refractivity contribution in [3.63, 3.8) is 0 Å². The van der Waals surface area contributed by atoms with Crippen molar-refractivity contribution in [1.82, 2.24) is 4.98 Å². The number of ether oxygens (including phenoxy) is 1. The van der Waals surface area contributed by atoms with Crippen LogP contribution in [-0.2, 0) is 11.3 Å². The molecule has 0 radical (unpaired) electrons. The molecular weight excluding hydrogens is 332 g/mol. The molecule has 4 nitrogen and oxygen atoms in total. The highest BCUT2D eigenvalue weighted by molar-refractivity contribution is 7.16. The molecule has 0 aliphatic heterocycles. The average Bonchev–Trinajstić information content (AvgIpc) is 2.97. The van der Waals surface area contributed by atoms with Gasteiger partial charge in [-0.2, -0.15) is 0 Å². The third-order valence-corrected chi connectivity index (χ3v) is 4.76. The highest BCUT2D eigenvalue weighted by Gasteiger charge is 2.13. The topological polar surface area (TPSA) is 51.2 Å². The number of carbonyl (C=O) groups is 1. The van der Waals surface area contributed by atoms with Crippen molar-refractivity contribution in [1.29, 1.82) is 0 Å². The molecule has 25 heavy (non-hydrogen) atoms. The van der Waals surface area contributed by atoms with E-state index in [4.69, 9.17) is 4.74 Å². The number of aryl methyl sites for hydroxylation is 2. The quantitative estimate of drug-likeness (QED) is 0.716. The van der Waals surface area contributed by atoms with E-state index in [9.17, 15) is 4.79 Å². The van der Waals surface area contributed by atoms with E-state index in [1.165, 1.54) is 16.9 Å². The standard InChI is InChI=1S/C20H20N2O2S/c1-13-4-8-16(9-5-13)18-14(2)25-20(21-18)22-19(23)17-10-6-15(7-11-17)12-24-3/h4-11H,12H2,1-3H3,(H,21,22,23). The lowest BCUT2D eigenvalue weighted by atomic mass is 10.1. The summed E-state index contributed by atoms with van der Waals surface area (Å²) in [6.45, 7) is 4.61. The maximum Gasteiger partial charge on any atom is 0.257 e. The third kappa shape index (κ3) is 4.13. The summed E-state index contributed by atoms with van der Waals surface area (Å²) in [6.07, 6.45) is 0. The highest BCUT2D eigenvalue weighted by Crippen LogP contribution is 2.30. The van der Waals surface area contributed by atoms with Gasteiger partial charge in [-0.15, -0.1) is 11.3 Å². The summed E-state index contributed by atoms with van der Waals surface area (Å²) in [6, 6.07) is 15.6. The van der Waals surface area contributed by atoms with Crippen LogP contribution in [0.3, 0.4) is 0 Å². The van der Waals surface area contributed by atoms with Gasteiger partial charge in [-0.05, 0) is 31.5 Å². The monoisotopic (exact) mass is 352 g/mol. The van der Waals surface area contributed by atoms with Crippen molar-refractivity contribution < 1.29 is 9.53 Å². The Bertz CT molecular complexity index is 868. The Morgan fingerprint density at radius 1 is 1.08 bits per heavy atom. The Morgan fingerprint density at radius 3 is 2.40 bits per heavy atom. The summed E-state index contributed by atoms with van der Waals surface area (Å²) >= 11 is 1.48. The lowest BCUT2D eigenvalue weighted by Crippen LogP contribution is -2.11. The van der Waals surface area contributed by atoms with E-state index in [1.54, 1.807) is 19.2 Å². The lowest BCUT2D eigenvalue weighted by Gasteiger charge is -2.03. The van der Waals surface area contributed by atoms with Crippen molar-refractivity contribution >= 4 is 22.4 Å². The van der Waals surface area contributed by atoms with Crippen LogP contribution in [0.2, 0.25) is 0 Å². The fourth-order valence-electron chi connectivity index (χ4n) is 2.52. The molecule has 2 aromatic carbocycles. The van der Waals surface area contributed by atoms with Crippen LogP contribution in [0.4, 0.5) is 5.13 Å². The van der Waals surface area contributed by atoms with Crippen LogP contribution in [-0.4, -0.2) is 18.0 Å². The first-order valence-corrected chi connectivity index (χ1v) is 8.82. The van der Waals surface area contributed by atoms with Gasteiger partial charge in [0.25, 0.3) is 5.91 Å². The number of nitrogens with zero attached hydrogens (tertiary/aromatic N) is 1. The van der Waals surface area contributed by atoms with Crippen molar-refractivity contribution in [2.24, 2.45) is 0 Å². The van der Waals surface area contributed by atoms with Gasteiger partial charge in [0.15, 0.2) is 5.13 Å². The fraction of sp³-hybridized carbons (Fsp3) is 0.200. The van der Waals surface area contributed by atoms with Crippen LogP contribution in [0, 0.1) is 13.8 Å². The number of methoxy groups -OCH3 is 1. The maximum atomic E-state index is 12.4. The molecule has 0 atom stereocenters. The number of anilines is 1. The summed E-state index contributed by atoms with van der Waals surface area (Å²) < 4.78 is 5.08. The molecule has 0 spiro atoms. The highest BCUT2D eigenvalue weighted by atomic mass is 32.1. The van der Waals surface area contributed by atoms with E-state index in [-0.39, 0.29) is 5.91 Å². The van der Waals surface area contributed by atoms with Gasteiger partial charge in [0.05, 0.1) is 12.3 Å². The van der Waals surface area contributed by atoms with Crippen molar-refractivity contribution in [3.05, 3.63) is 70.1 Å². The Balaban J connectivity index is 1.75. The second-order valence-electron chi connectivity index (χ2n) is 5.87. The molecule has 1 N–H and O–H groups in total. The number of rotatable bonds is 5. The van der Waals surface area contributed by atoms with Crippen LogP contribution >= 0.6 is 11.3 Å². The number of hydrogen-bond acceptors (Lipinski definition) is 4. The second kappa shape index (κ2) is 7.59. The molecule has 0 aliphatic rings. The minimum atomic E-state index is -0.159. The molecule has 3 rings (SSSR count). The Kier molecular flexibility index (Phi) is 5.26. The van der Waals surface area contributed by atoms with Crippen molar-refractivity contribution in [2.45, 2.75) is 20.5 Å². The van der Waals surface area contributed by atoms with E-state index in [1.807, 2.05) is 19.1 Å². The first-order chi connectivity index (χ1) is 12.1. The average molecular weight is 352 g/mol. The van der Waals surface area contributed by atoms with Gasteiger partial charge in [0.2, 0.25) is 0 Å². The third-order valence-electron chi connectivity index (χ3n) is 3.87. The van der Waals surface area contributed by atoms with Crippen molar-refractivity contribution in [2.75, 3.05) is 12.4 Å². The van der Waals surface area contributed by atoms with Crippen LogP contribution < -0.4 is 5.32 Å². The summed E-state index contributed by atoms with van der Waals surface area (Å²) in [7, 11) is 1.65. The molecule has 0 unspecified atom stereocenters. The minimum absolute atomic E-state index is 0.159. The van der Waals surface area contributed by atoms with Crippen molar-refractivity contribution in [3.8, 4) is 11.3 Å². The van der Waals surface area contributed by atoms with Gasteiger partial charge in [0, 0.05) is 23.1 Å². The Labute approximate surface area is 151 Å². The van der Waals surface area contributed by atoms with Gasteiger partial charge >= 0.3 is 0 Å². The minimum Gasteiger partial charge on any atom is -0.380 e. The van der Waals surface area contributed by atoms with Gasteiger partial charge in [-0.25, -0.2) is 4.98 Å². The lowest BCUT2D eigenvalue weighted by molar-refractivity contribution is 0.102. The number of amides is 1. The van der Waals surface area contributed by atoms with Gasteiger partial charge in [0.1, 0.15) is 0 Å². The van der Waals surface area contributed by atoms with E-state index in [2.05, 4.69) is 41.5 Å². The van der Waals surface area contributed by atoms with Crippen LogP contribution in [0.25, 0.3) is 11.3 Å². The maximum absolute atomic E-state index is 12.4. The molecule has 0 aliphatic carbocycles. The summed E-state index contributed by atoms with van der Waals surface area (Å²) in [4.78, 5) is 18.1. The number of thiazole rings is 1. The zero-order valence-electron chi connectivity index (χ0n) is 14.5. The first-order valence-electron chi connectivity index (χ1n) is 8.00. The van der Waals surface area contributed by atoms with Gasteiger partial charge in [-0.1, -0.05) is 42.0 Å². The first kappa shape index (κ1) is 17.3. The molecule has 1 aromatic heterocycles. The SMILES string of the molecule is COCc1ccc(C(=O)Nc2nc(-c3ccc(C)cc3)c(C)s2)cc1. The van der Waals surface area contributed by atoms with E-state index in [0.29, 0.717) is 17.3 Å². The molecule has 0 bridgehead atoms. The Hall–Kier alpha value is -2.50. The summed E-state index contributed by atoms with van der Waals surface area (Å²) in [5.74, 6) is -0.159. The molecule has 1 amide bonds. The molecule has 5 heteroatoms. The predicted octanol–water partition coefficient (Wildman–Crippen LogP) is 4.83. The molecule has 0 saturated heterocycles. The smallest absolute Gasteiger partial charge is 0.257 e. The normalized spacial score (nSPS) is 10.7. The molecule has 0 saturated carbocycles. The summed E-state index contributed by atoms with van der Waals surface area (Å²) in [5, 5.41) is 3.50. The van der Waals surface area contributed by atoms with Crippen LogP contribution in [0.15, 0.2) is 48.5 Å². The fourth-order valence-corrected chi connectivity index (χ4v) is 3.35. The second-order valence-corrected chi connectivity index (χ2v) is 7.08. The van der Waals surface area contributed by atoms with E-state index >= 15 is 0 Å². The predicted molar refractivity (Wildman–Crippen MR) is 102 cm³/mol.